The van der Waals surface area contributed by atoms with Gasteiger partial charge in [-0.25, -0.2) is 0 Å². The molecule has 3 N–H and O–H groups in total. The molecule has 3 aliphatic heterocycles. The van der Waals surface area contributed by atoms with Crippen molar-refractivity contribution in [3.05, 3.63) is 30.3 Å². The molecule has 3 amide bonds. The molecule has 8 nitrogen and oxygen atoms in total. The summed E-state index contributed by atoms with van der Waals surface area (Å²) < 4.78 is 6.48. The normalized spacial score (nSPS) is 34.8. The van der Waals surface area contributed by atoms with Gasteiger partial charge in [0.25, 0.3) is 0 Å². The highest BCUT2D eigenvalue weighted by molar-refractivity contribution is 9.09. The molecule has 1 aromatic carbocycles. The van der Waals surface area contributed by atoms with Crippen LogP contribution in [-0.2, 0) is 19.1 Å². The van der Waals surface area contributed by atoms with Crippen LogP contribution in [0.2, 0.25) is 0 Å². The summed E-state index contributed by atoms with van der Waals surface area (Å²) in [5, 5.41) is 15.6. The Morgan fingerprint density at radius 1 is 1.15 bits per heavy atom. The van der Waals surface area contributed by atoms with Crippen molar-refractivity contribution in [1.82, 2.24) is 10.2 Å². The number of aliphatic hydroxyl groups is 1. The minimum absolute atomic E-state index is 0.0825. The lowest BCUT2D eigenvalue weighted by molar-refractivity contribution is -0.142. The van der Waals surface area contributed by atoms with Gasteiger partial charge in [0.05, 0.1) is 17.9 Å². The number of nitrogens with one attached hydrogen (secondary N) is 2. The summed E-state index contributed by atoms with van der Waals surface area (Å²) >= 11 is 3.68. The molecule has 1 aromatic rings. The summed E-state index contributed by atoms with van der Waals surface area (Å²) in [6.07, 6.45) is 5.59. The van der Waals surface area contributed by atoms with Gasteiger partial charge in [-0.3, -0.25) is 14.4 Å². The van der Waals surface area contributed by atoms with Crippen LogP contribution in [0.25, 0.3) is 0 Å². The fourth-order valence-electron chi connectivity index (χ4n) is 6.49. The van der Waals surface area contributed by atoms with Crippen LogP contribution in [0, 0.1) is 11.8 Å². The minimum Gasteiger partial charge on any atom is -0.396 e. The molecule has 0 radical (unpaired) electrons. The Morgan fingerprint density at radius 2 is 1.88 bits per heavy atom. The number of carbonyl (C=O) groups excluding carboxylic acids is 3. The fourth-order valence-corrected chi connectivity index (χ4v) is 7.43. The summed E-state index contributed by atoms with van der Waals surface area (Å²) in [7, 11) is 0. The number of nitrogens with zero attached hydrogens (tertiary/aromatic N) is 1. The van der Waals surface area contributed by atoms with Gasteiger partial charge in [0.1, 0.15) is 11.6 Å². The predicted octanol–water partition coefficient (Wildman–Crippen LogP) is 2.20. The van der Waals surface area contributed by atoms with Crippen molar-refractivity contribution in [3.63, 3.8) is 0 Å². The number of para-hydroxylation sites is 1. The Bertz CT molecular complexity index is 940. The zero-order valence-electron chi connectivity index (χ0n) is 19.1. The topological polar surface area (TPSA) is 108 Å². The molecule has 3 heterocycles. The minimum atomic E-state index is -1.05. The molecule has 9 heteroatoms. The van der Waals surface area contributed by atoms with Gasteiger partial charge in [-0.1, -0.05) is 53.4 Å². The number of rotatable bonds is 7. The van der Waals surface area contributed by atoms with Crippen LogP contribution >= 0.6 is 15.9 Å². The standard InChI is InChI=1S/C25H32BrN3O5/c26-17-14-25-19(18(20(17)34-25)22(31)27-15-8-3-1-4-9-15)24(33)29(12-7-13-30)21(25)23(32)28-16-10-5-2-6-11-16/h1,3-4,8-9,16-21,30H,2,5-7,10-14H2,(H,27,31)(H,28,32)/t17?,18-,19-,20-,21?,25?/m0/s1. The number of hydrogen-bond donors (Lipinski definition) is 3. The second-order valence-corrected chi connectivity index (χ2v) is 11.1. The molecule has 1 spiro atoms. The molecule has 6 atom stereocenters. The van der Waals surface area contributed by atoms with Gasteiger partial charge in [0, 0.05) is 29.7 Å². The predicted molar refractivity (Wildman–Crippen MR) is 129 cm³/mol. The SMILES string of the molecule is O=C(NC1CCCCC1)C1N(CCCO)C(=O)[C@@H]2[C@H](C(=O)Nc3ccccc3)[C@H]3OC12CC3Br. The number of ether oxygens (including phenoxy) is 1. The molecule has 0 aromatic heterocycles. The van der Waals surface area contributed by atoms with E-state index in [2.05, 4.69) is 26.6 Å². The second-order valence-electron chi connectivity index (χ2n) is 9.97. The molecule has 2 bridgehead atoms. The first-order valence-corrected chi connectivity index (χ1v) is 13.3. The third-order valence-corrected chi connectivity index (χ3v) is 8.74. The van der Waals surface area contributed by atoms with Gasteiger partial charge >= 0.3 is 0 Å². The van der Waals surface area contributed by atoms with Crippen molar-refractivity contribution in [3.8, 4) is 0 Å². The van der Waals surface area contributed by atoms with E-state index in [1.54, 1.807) is 17.0 Å². The van der Waals surface area contributed by atoms with E-state index < -0.39 is 29.6 Å². The third kappa shape index (κ3) is 3.95. The Kier molecular flexibility index (Phi) is 6.70. The summed E-state index contributed by atoms with van der Waals surface area (Å²) in [6, 6.07) is 8.44. The van der Waals surface area contributed by atoms with Gasteiger partial charge in [-0.15, -0.1) is 0 Å². The van der Waals surface area contributed by atoms with Crippen molar-refractivity contribution in [1.29, 1.82) is 0 Å². The van der Waals surface area contributed by atoms with Crippen molar-refractivity contribution >= 4 is 39.3 Å². The third-order valence-electron chi connectivity index (χ3n) is 7.89. The van der Waals surface area contributed by atoms with E-state index in [0.29, 0.717) is 18.5 Å². The monoisotopic (exact) mass is 533 g/mol. The molecule has 3 saturated heterocycles. The van der Waals surface area contributed by atoms with Crippen LogP contribution in [0.4, 0.5) is 5.69 Å². The van der Waals surface area contributed by atoms with Crippen LogP contribution in [0.1, 0.15) is 44.9 Å². The largest absolute Gasteiger partial charge is 0.396 e. The van der Waals surface area contributed by atoms with Crippen molar-refractivity contribution in [2.75, 3.05) is 18.5 Å². The fraction of sp³-hybridized carbons (Fsp3) is 0.640. The quantitative estimate of drug-likeness (QED) is 0.465. The summed E-state index contributed by atoms with van der Waals surface area (Å²) in [6.45, 7) is 0.172. The van der Waals surface area contributed by atoms with Crippen LogP contribution < -0.4 is 10.6 Å². The molecule has 4 aliphatic rings. The maximum atomic E-state index is 13.7. The number of carbonyl (C=O) groups is 3. The van der Waals surface area contributed by atoms with Gasteiger partial charge in [0.15, 0.2) is 0 Å². The maximum absolute atomic E-state index is 13.7. The number of fused-ring (bicyclic) bond motifs is 1. The first-order valence-electron chi connectivity index (χ1n) is 12.4. The van der Waals surface area contributed by atoms with Crippen LogP contribution in [0.3, 0.4) is 0 Å². The number of likely N-dealkylation sites (tertiary alicyclic amines) is 1. The summed E-state index contributed by atoms with van der Waals surface area (Å²) in [4.78, 5) is 42.3. The molecular formula is C25H32BrN3O5. The number of anilines is 1. The van der Waals surface area contributed by atoms with E-state index in [9.17, 15) is 19.5 Å². The Balaban J connectivity index is 1.45. The maximum Gasteiger partial charge on any atom is 0.246 e. The number of benzene rings is 1. The Morgan fingerprint density at radius 3 is 2.59 bits per heavy atom. The lowest BCUT2D eigenvalue weighted by atomic mass is 9.70. The molecule has 34 heavy (non-hydrogen) atoms. The molecule has 184 valence electrons. The van der Waals surface area contributed by atoms with Crippen molar-refractivity contribution in [2.45, 2.75) is 73.6 Å². The van der Waals surface area contributed by atoms with Crippen LogP contribution in [-0.4, -0.2) is 69.5 Å². The van der Waals surface area contributed by atoms with Gasteiger partial charge in [-0.2, -0.15) is 0 Å². The zero-order chi connectivity index (χ0) is 23.9. The molecule has 1 aliphatic carbocycles. The first-order chi connectivity index (χ1) is 16.5. The average molecular weight is 534 g/mol. The van der Waals surface area contributed by atoms with Crippen LogP contribution in [0.5, 0.6) is 0 Å². The number of hydrogen-bond acceptors (Lipinski definition) is 5. The van der Waals surface area contributed by atoms with Gasteiger partial charge in [-0.05, 0) is 37.8 Å². The van der Waals surface area contributed by atoms with Gasteiger partial charge < -0.3 is 25.4 Å². The van der Waals surface area contributed by atoms with Crippen LogP contribution in [0.15, 0.2) is 30.3 Å². The smallest absolute Gasteiger partial charge is 0.246 e. The molecular weight excluding hydrogens is 502 g/mol. The molecule has 3 unspecified atom stereocenters. The lowest BCUT2D eigenvalue weighted by Crippen LogP contribution is -2.57. The zero-order valence-corrected chi connectivity index (χ0v) is 20.7. The lowest BCUT2D eigenvalue weighted by Gasteiger charge is -2.35. The number of aliphatic hydroxyl groups excluding tert-OH is 1. The van der Waals surface area contributed by atoms with E-state index in [0.717, 1.165) is 25.7 Å². The van der Waals surface area contributed by atoms with E-state index >= 15 is 0 Å². The first kappa shape index (κ1) is 23.8. The highest BCUT2D eigenvalue weighted by atomic mass is 79.9. The van der Waals surface area contributed by atoms with Crippen molar-refractivity contribution < 1.29 is 24.2 Å². The van der Waals surface area contributed by atoms with E-state index in [1.807, 2.05) is 18.2 Å². The second kappa shape index (κ2) is 9.59. The molecule has 5 rings (SSSR count). The number of amides is 3. The highest BCUT2D eigenvalue weighted by Gasteiger charge is 2.76. The Labute approximate surface area is 207 Å². The number of halogens is 1. The molecule has 1 saturated carbocycles. The number of alkyl halides is 1. The summed E-state index contributed by atoms with van der Waals surface area (Å²) in [5.74, 6) is -2.13. The Hall–Kier alpha value is -1.97. The average Bonchev–Trinajstić information content (AvgIpc) is 3.42. The summed E-state index contributed by atoms with van der Waals surface area (Å²) in [5.41, 5.74) is -0.396. The van der Waals surface area contributed by atoms with E-state index in [1.165, 1.54) is 6.42 Å². The van der Waals surface area contributed by atoms with E-state index in [-0.39, 0.29) is 41.7 Å². The van der Waals surface area contributed by atoms with E-state index in [4.69, 9.17) is 4.74 Å². The van der Waals surface area contributed by atoms with Gasteiger partial charge in [0.2, 0.25) is 17.7 Å². The highest BCUT2D eigenvalue weighted by Crippen LogP contribution is 2.60. The molecule has 4 fully saturated rings. The van der Waals surface area contributed by atoms with Crippen molar-refractivity contribution in [2.24, 2.45) is 11.8 Å².